The standard InChI is InChI=1S/C20H23N5O3S/c1-14-17(19(26)25(23(14)2)16-7-5-4-6-8-16)13-24-10-9-18-15(12-24)11-21-20(22-18)29(3,27)28/h4-8,11H,9-10,12-13H2,1-3H3. The Bertz CT molecular complexity index is 1230. The average Bonchev–Trinajstić information content (AvgIpc) is 2.91. The van der Waals surface area contributed by atoms with Crippen molar-refractivity contribution in [1.82, 2.24) is 24.2 Å². The van der Waals surface area contributed by atoms with E-state index in [1.54, 1.807) is 10.9 Å². The molecule has 1 aromatic carbocycles. The van der Waals surface area contributed by atoms with Crippen molar-refractivity contribution in [3.8, 4) is 5.69 Å². The van der Waals surface area contributed by atoms with E-state index in [0.717, 1.165) is 34.5 Å². The number of hydrogen-bond donors (Lipinski definition) is 0. The van der Waals surface area contributed by atoms with Crippen LogP contribution in [0.3, 0.4) is 0 Å². The smallest absolute Gasteiger partial charge is 0.276 e. The third-order valence-electron chi connectivity index (χ3n) is 5.38. The zero-order valence-corrected chi connectivity index (χ0v) is 17.5. The molecule has 1 aliphatic rings. The Morgan fingerprint density at radius 2 is 1.90 bits per heavy atom. The molecule has 0 spiro atoms. The van der Waals surface area contributed by atoms with Gasteiger partial charge in [-0.05, 0) is 19.1 Å². The van der Waals surface area contributed by atoms with Crippen LogP contribution in [-0.4, -0.2) is 45.4 Å². The highest BCUT2D eigenvalue weighted by atomic mass is 32.2. The van der Waals surface area contributed by atoms with E-state index in [9.17, 15) is 13.2 Å². The monoisotopic (exact) mass is 413 g/mol. The van der Waals surface area contributed by atoms with Crippen LogP contribution in [0.15, 0.2) is 46.5 Å². The Kier molecular flexibility index (Phi) is 4.87. The minimum Gasteiger partial charge on any atom is -0.294 e. The first-order chi connectivity index (χ1) is 13.8. The van der Waals surface area contributed by atoms with Gasteiger partial charge >= 0.3 is 0 Å². The summed E-state index contributed by atoms with van der Waals surface area (Å²) in [6.07, 6.45) is 3.32. The molecule has 3 aromatic rings. The molecule has 152 valence electrons. The second-order valence-electron chi connectivity index (χ2n) is 7.40. The number of aromatic nitrogens is 4. The van der Waals surface area contributed by atoms with Crippen LogP contribution in [-0.2, 0) is 36.4 Å². The molecular formula is C20H23N5O3S. The molecule has 0 radical (unpaired) electrons. The summed E-state index contributed by atoms with van der Waals surface area (Å²) in [6.45, 7) is 3.76. The molecule has 29 heavy (non-hydrogen) atoms. The lowest BCUT2D eigenvalue weighted by Crippen LogP contribution is -2.33. The first kappa shape index (κ1) is 19.5. The number of rotatable bonds is 4. The Morgan fingerprint density at radius 3 is 2.59 bits per heavy atom. The largest absolute Gasteiger partial charge is 0.294 e. The number of fused-ring (bicyclic) bond motifs is 1. The fraction of sp³-hybridized carbons (Fsp3) is 0.350. The van der Waals surface area contributed by atoms with Crippen LogP contribution in [0, 0.1) is 6.92 Å². The maximum atomic E-state index is 13.1. The van der Waals surface area contributed by atoms with E-state index in [4.69, 9.17) is 0 Å². The average molecular weight is 414 g/mol. The predicted octanol–water partition coefficient (Wildman–Crippen LogP) is 1.24. The van der Waals surface area contributed by atoms with Gasteiger partial charge in [-0.15, -0.1) is 0 Å². The molecule has 0 saturated heterocycles. The predicted molar refractivity (Wildman–Crippen MR) is 109 cm³/mol. The summed E-state index contributed by atoms with van der Waals surface area (Å²) in [6, 6.07) is 9.58. The lowest BCUT2D eigenvalue weighted by atomic mass is 10.1. The van der Waals surface area contributed by atoms with E-state index in [1.165, 1.54) is 0 Å². The van der Waals surface area contributed by atoms with Gasteiger partial charge in [0, 0.05) is 56.8 Å². The molecule has 0 amide bonds. The van der Waals surface area contributed by atoms with Gasteiger partial charge in [0.25, 0.3) is 5.56 Å². The zero-order valence-electron chi connectivity index (χ0n) is 16.7. The van der Waals surface area contributed by atoms with E-state index in [-0.39, 0.29) is 10.7 Å². The van der Waals surface area contributed by atoms with Crippen molar-refractivity contribution < 1.29 is 8.42 Å². The Morgan fingerprint density at radius 1 is 1.17 bits per heavy atom. The molecule has 2 aromatic heterocycles. The van der Waals surface area contributed by atoms with Crippen LogP contribution >= 0.6 is 0 Å². The summed E-state index contributed by atoms with van der Waals surface area (Å²) in [5.41, 5.74) is 4.16. The Hall–Kier alpha value is -2.78. The number of para-hydroxylation sites is 1. The highest BCUT2D eigenvalue weighted by Crippen LogP contribution is 2.20. The molecule has 0 aliphatic carbocycles. The van der Waals surface area contributed by atoms with Crippen molar-refractivity contribution >= 4 is 9.84 Å². The second-order valence-corrected chi connectivity index (χ2v) is 9.31. The summed E-state index contributed by atoms with van der Waals surface area (Å²) >= 11 is 0. The van der Waals surface area contributed by atoms with E-state index >= 15 is 0 Å². The third-order valence-corrected chi connectivity index (χ3v) is 6.24. The van der Waals surface area contributed by atoms with Gasteiger partial charge in [0.2, 0.25) is 15.0 Å². The first-order valence-electron chi connectivity index (χ1n) is 9.36. The van der Waals surface area contributed by atoms with Gasteiger partial charge in [-0.2, -0.15) is 0 Å². The molecule has 9 heteroatoms. The molecule has 0 unspecified atom stereocenters. The zero-order chi connectivity index (χ0) is 20.8. The van der Waals surface area contributed by atoms with Gasteiger partial charge in [0.15, 0.2) is 0 Å². The summed E-state index contributed by atoms with van der Waals surface area (Å²) in [5, 5.41) is -0.130. The SMILES string of the molecule is Cc1c(CN2CCc3nc(S(C)(=O)=O)ncc3C2)c(=O)n(-c2ccccc2)n1C. The van der Waals surface area contributed by atoms with Crippen LogP contribution in [0.4, 0.5) is 0 Å². The van der Waals surface area contributed by atoms with Gasteiger partial charge in [0.1, 0.15) is 0 Å². The van der Waals surface area contributed by atoms with Crippen molar-refractivity contribution in [3.63, 3.8) is 0 Å². The first-order valence-corrected chi connectivity index (χ1v) is 11.2. The molecule has 8 nitrogen and oxygen atoms in total. The van der Waals surface area contributed by atoms with Crippen molar-refractivity contribution in [2.24, 2.45) is 7.05 Å². The lowest BCUT2D eigenvalue weighted by molar-refractivity contribution is 0.241. The third kappa shape index (κ3) is 3.63. The summed E-state index contributed by atoms with van der Waals surface area (Å²) in [7, 11) is -1.53. The summed E-state index contributed by atoms with van der Waals surface area (Å²) < 4.78 is 26.9. The van der Waals surface area contributed by atoms with Crippen LogP contribution in [0.2, 0.25) is 0 Å². The van der Waals surface area contributed by atoms with Gasteiger partial charge < -0.3 is 0 Å². The van der Waals surface area contributed by atoms with Gasteiger partial charge in [-0.1, -0.05) is 18.2 Å². The second kappa shape index (κ2) is 7.23. The number of benzene rings is 1. The Balaban J connectivity index is 1.61. The van der Waals surface area contributed by atoms with Crippen molar-refractivity contribution in [2.45, 2.75) is 31.6 Å². The molecule has 0 N–H and O–H groups in total. The molecule has 0 bridgehead atoms. The van der Waals surface area contributed by atoms with Crippen LogP contribution < -0.4 is 5.56 Å². The fourth-order valence-corrected chi connectivity index (χ4v) is 4.22. The highest BCUT2D eigenvalue weighted by molar-refractivity contribution is 7.90. The molecule has 0 saturated carbocycles. The number of sulfone groups is 1. The quantitative estimate of drug-likeness (QED) is 0.598. The molecule has 4 rings (SSSR count). The molecular weight excluding hydrogens is 390 g/mol. The van der Waals surface area contributed by atoms with Gasteiger partial charge in [0.05, 0.1) is 16.9 Å². The minimum absolute atomic E-state index is 0.0225. The Labute approximate surface area is 169 Å². The highest BCUT2D eigenvalue weighted by Gasteiger charge is 2.24. The maximum Gasteiger partial charge on any atom is 0.276 e. The fourth-order valence-electron chi connectivity index (χ4n) is 3.70. The minimum atomic E-state index is -3.42. The maximum absolute atomic E-state index is 13.1. The van der Waals surface area contributed by atoms with Crippen molar-refractivity contribution in [3.05, 3.63) is 69.4 Å². The molecule has 0 fully saturated rings. The van der Waals surface area contributed by atoms with E-state index in [2.05, 4.69) is 14.9 Å². The normalized spacial score (nSPS) is 14.7. The van der Waals surface area contributed by atoms with E-state index in [0.29, 0.717) is 26.1 Å². The van der Waals surface area contributed by atoms with Gasteiger partial charge in [-0.3, -0.25) is 14.4 Å². The lowest BCUT2D eigenvalue weighted by Gasteiger charge is -2.27. The number of hydrogen-bond acceptors (Lipinski definition) is 6. The summed E-state index contributed by atoms with van der Waals surface area (Å²) in [4.78, 5) is 23.5. The van der Waals surface area contributed by atoms with Crippen molar-refractivity contribution in [1.29, 1.82) is 0 Å². The van der Waals surface area contributed by atoms with Gasteiger partial charge in [-0.25, -0.2) is 23.1 Å². The molecule has 1 aliphatic heterocycles. The van der Waals surface area contributed by atoms with Crippen molar-refractivity contribution in [2.75, 3.05) is 12.8 Å². The topological polar surface area (TPSA) is 90.1 Å². The summed E-state index contributed by atoms with van der Waals surface area (Å²) in [5.74, 6) is 0. The number of nitrogens with zero attached hydrogens (tertiary/aromatic N) is 5. The van der Waals surface area contributed by atoms with E-state index < -0.39 is 9.84 Å². The molecule has 3 heterocycles. The molecule has 0 atom stereocenters. The van der Waals surface area contributed by atoms with Crippen LogP contribution in [0.5, 0.6) is 0 Å². The van der Waals surface area contributed by atoms with Crippen LogP contribution in [0.25, 0.3) is 5.69 Å². The van der Waals surface area contributed by atoms with Crippen LogP contribution in [0.1, 0.15) is 22.5 Å². The van der Waals surface area contributed by atoms with E-state index in [1.807, 2.05) is 49.0 Å².